The van der Waals surface area contributed by atoms with E-state index in [-0.39, 0.29) is 28.5 Å². The van der Waals surface area contributed by atoms with Gasteiger partial charge < -0.3 is 9.84 Å². The lowest BCUT2D eigenvalue weighted by molar-refractivity contribution is -0.137. The van der Waals surface area contributed by atoms with Crippen LogP contribution in [0.4, 0.5) is 13.2 Å². The number of ether oxygens (including phenoxy) is 1. The highest BCUT2D eigenvalue weighted by Gasteiger charge is 2.32. The summed E-state index contributed by atoms with van der Waals surface area (Å²) in [6.45, 7) is 3.38. The molecule has 0 aliphatic carbocycles. The first-order valence-electron chi connectivity index (χ1n) is 8.62. The predicted octanol–water partition coefficient (Wildman–Crippen LogP) is 4.10. The maximum Gasteiger partial charge on any atom is 0.417 e. The molecule has 0 amide bonds. The number of aliphatic hydroxyl groups is 1. The van der Waals surface area contributed by atoms with Crippen LogP contribution < -0.4 is 4.74 Å². The molecule has 28 heavy (non-hydrogen) atoms. The number of halogens is 3. The molecule has 0 radical (unpaired) electrons. The van der Waals surface area contributed by atoms with Gasteiger partial charge in [-0.3, -0.25) is 0 Å². The van der Waals surface area contributed by atoms with Crippen LogP contribution >= 0.6 is 0 Å². The van der Waals surface area contributed by atoms with Crippen LogP contribution in [0.25, 0.3) is 11.1 Å². The second-order valence-electron chi connectivity index (χ2n) is 6.59. The monoisotopic (exact) mass is 417 g/mol. The number of hydrogen-bond donors (Lipinski definition) is 1. The molecule has 0 saturated heterocycles. The average Bonchev–Trinajstić information content (AvgIpc) is 2.64. The molecule has 0 aliphatic rings. The van der Waals surface area contributed by atoms with Gasteiger partial charge in [-0.15, -0.1) is 0 Å². The average molecular weight is 417 g/mol. The Morgan fingerprint density at radius 3 is 2.32 bits per heavy atom. The minimum atomic E-state index is -4.62. The van der Waals surface area contributed by atoms with Crippen molar-refractivity contribution in [2.75, 3.05) is 12.9 Å². The van der Waals surface area contributed by atoms with E-state index in [0.717, 1.165) is 12.3 Å². The summed E-state index contributed by atoms with van der Waals surface area (Å²) in [5, 5.41) is 10.4. The third-order valence-electron chi connectivity index (χ3n) is 4.55. The summed E-state index contributed by atoms with van der Waals surface area (Å²) in [7, 11) is -3.55. The summed E-state index contributed by atoms with van der Waals surface area (Å²) in [6.07, 6.45) is -2.18. The van der Waals surface area contributed by atoms with E-state index >= 15 is 0 Å². The third-order valence-corrected chi connectivity index (χ3v) is 5.66. The molecule has 0 bridgehead atoms. The van der Waals surface area contributed by atoms with Crippen molar-refractivity contribution in [1.82, 2.24) is 4.98 Å². The van der Waals surface area contributed by atoms with Crippen LogP contribution in [0.5, 0.6) is 5.88 Å². The van der Waals surface area contributed by atoms with Gasteiger partial charge in [0, 0.05) is 18.0 Å². The van der Waals surface area contributed by atoms with Gasteiger partial charge >= 0.3 is 6.18 Å². The van der Waals surface area contributed by atoms with Crippen LogP contribution in [0.1, 0.15) is 32.3 Å². The van der Waals surface area contributed by atoms with Crippen molar-refractivity contribution in [1.29, 1.82) is 0 Å². The maximum atomic E-state index is 13.2. The van der Waals surface area contributed by atoms with E-state index in [1.807, 2.05) is 0 Å². The predicted molar refractivity (Wildman–Crippen MR) is 98.8 cm³/mol. The van der Waals surface area contributed by atoms with Gasteiger partial charge in [-0.1, -0.05) is 26.0 Å². The second kappa shape index (κ2) is 8.08. The van der Waals surface area contributed by atoms with E-state index in [9.17, 15) is 26.7 Å². The Labute approximate surface area is 162 Å². The van der Waals surface area contributed by atoms with Gasteiger partial charge in [0.2, 0.25) is 5.88 Å². The molecule has 154 valence electrons. The molecular formula is C19H22F3NO4S. The SMILES string of the molecule is CCC(O)(CC)COc1ncc(C(F)(F)F)cc1-c1cccc(S(C)(=O)=O)c1. The van der Waals surface area contributed by atoms with Crippen molar-refractivity contribution in [2.24, 2.45) is 0 Å². The van der Waals surface area contributed by atoms with Crippen LogP contribution in [-0.4, -0.2) is 37.0 Å². The van der Waals surface area contributed by atoms with Crippen molar-refractivity contribution < 1.29 is 31.4 Å². The summed E-state index contributed by atoms with van der Waals surface area (Å²) in [5.74, 6) is -0.112. The number of pyridine rings is 1. The second-order valence-corrected chi connectivity index (χ2v) is 8.61. The molecule has 0 atom stereocenters. The molecule has 9 heteroatoms. The Bertz CT molecular complexity index is 938. The molecule has 0 spiro atoms. The van der Waals surface area contributed by atoms with E-state index in [1.54, 1.807) is 13.8 Å². The van der Waals surface area contributed by atoms with Gasteiger partial charge in [-0.25, -0.2) is 13.4 Å². The maximum absolute atomic E-state index is 13.2. The molecule has 0 aliphatic heterocycles. The first-order valence-corrected chi connectivity index (χ1v) is 10.5. The molecule has 2 rings (SSSR count). The van der Waals surface area contributed by atoms with Crippen molar-refractivity contribution in [3.05, 3.63) is 42.1 Å². The molecule has 1 heterocycles. The first-order chi connectivity index (χ1) is 12.9. The van der Waals surface area contributed by atoms with Crippen LogP contribution in [0.3, 0.4) is 0 Å². The van der Waals surface area contributed by atoms with Crippen molar-refractivity contribution in [2.45, 2.75) is 43.4 Å². The lowest BCUT2D eigenvalue weighted by Crippen LogP contribution is -2.34. The standard InChI is InChI=1S/C19H22F3NO4S/c1-4-18(24,5-2)12-27-17-16(10-14(11-23-17)19(20,21)22)13-7-6-8-15(9-13)28(3,25)26/h6-11,24H,4-5,12H2,1-3H3. The van der Waals surface area contributed by atoms with Gasteiger partial charge in [0.1, 0.15) is 6.61 Å². The van der Waals surface area contributed by atoms with Gasteiger partial charge in [-0.05, 0) is 36.6 Å². The van der Waals surface area contributed by atoms with Crippen LogP contribution in [-0.2, 0) is 16.0 Å². The number of alkyl halides is 3. The molecule has 0 fully saturated rings. The third kappa shape index (κ3) is 5.23. The van der Waals surface area contributed by atoms with Crippen LogP contribution in [0.15, 0.2) is 41.4 Å². The molecule has 2 aromatic rings. The largest absolute Gasteiger partial charge is 0.474 e. The molecule has 0 unspecified atom stereocenters. The zero-order valence-electron chi connectivity index (χ0n) is 15.7. The molecule has 0 saturated carbocycles. The number of hydrogen-bond acceptors (Lipinski definition) is 5. The number of sulfone groups is 1. The first kappa shape index (κ1) is 22.2. The molecule has 1 aromatic heterocycles. The number of aromatic nitrogens is 1. The smallest absolute Gasteiger partial charge is 0.417 e. The summed E-state index contributed by atoms with van der Waals surface area (Å²) in [5.41, 5.74) is -1.92. The lowest BCUT2D eigenvalue weighted by atomic mass is 9.99. The Morgan fingerprint density at radius 2 is 1.79 bits per heavy atom. The van der Waals surface area contributed by atoms with Crippen LogP contribution in [0, 0.1) is 0 Å². The van der Waals surface area contributed by atoms with Crippen molar-refractivity contribution >= 4 is 9.84 Å². The van der Waals surface area contributed by atoms with E-state index in [0.29, 0.717) is 19.0 Å². The highest BCUT2D eigenvalue weighted by Crippen LogP contribution is 2.36. The van der Waals surface area contributed by atoms with E-state index in [2.05, 4.69) is 4.98 Å². The molecular weight excluding hydrogens is 395 g/mol. The molecule has 5 nitrogen and oxygen atoms in total. The fraction of sp³-hybridized carbons (Fsp3) is 0.421. The quantitative estimate of drug-likeness (QED) is 0.734. The van der Waals surface area contributed by atoms with Gasteiger partial charge in [0.25, 0.3) is 0 Å². The Kier molecular flexibility index (Phi) is 6.40. The Balaban J connectivity index is 2.56. The zero-order valence-corrected chi connectivity index (χ0v) is 16.6. The van der Waals surface area contributed by atoms with E-state index in [4.69, 9.17) is 4.74 Å². The summed E-state index contributed by atoms with van der Waals surface area (Å²) in [4.78, 5) is 3.75. The number of benzene rings is 1. The number of rotatable bonds is 7. The van der Waals surface area contributed by atoms with E-state index in [1.165, 1.54) is 24.3 Å². The fourth-order valence-corrected chi connectivity index (χ4v) is 3.15. The lowest BCUT2D eigenvalue weighted by Gasteiger charge is -2.25. The zero-order chi connectivity index (χ0) is 21.2. The highest BCUT2D eigenvalue weighted by molar-refractivity contribution is 7.90. The van der Waals surface area contributed by atoms with Crippen molar-refractivity contribution in [3.63, 3.8) is 0 Å². The van der Waals surface area contributed by atoms with E-state index < -0.39 is 27.2 Å². The van der Waals surface area contributed by atoms with Crippen molar-refractivity contribution in [3.8, 4) is 17.0 Å². The van der Waals surface area contributed by atoms with Gasteiger partial charge in [0.05, 0.1) is 16.1 Å². The Morgan fingerprint density at radius 1 is 1.14 bits per heavy atom. The summed E-state index contributed by atoms with van der Waals surface area (Å²) < 4.78 is 68.6. The molecule has 1 aromatic carbocycles. The Hall–Kier alpha value is -2.13. The van der Waals surface area contributed by atoms with Crippen LogP contribution in [0.2, 0.25) is 0 Å². The normalized spacial score (nSPS) is 12.8. The van der Waals surface area contributed by atoms with Gasteiger partial charge in [0.15, 0.2) is 9.84 Å². The molecule has 1 N–H and O–H groups in total. The summed E-state index contributed by atoms with van der Waals surface area (Å²) >= 11 is 0. The highest BCUT2D eigenvalue weighted by atomic mass is 32.2. The van der Waals surface area contributed by atoms with Gasteiger partial charge in [-0.2, -0.15) is 13.2 Å². The summed E-state index contributed by atoms with van der Waals surface area (Å²) in [6, 6.07) is 6.40. The minimum Gasteiger partial charge on any atom is -0.474 e. The fourth-order valence-electron chi connectivity index (χ4n) is 2.48. The minimum absolute atomic E-state index is 0.00474. The topological polar surface area (TPSA) is 76.5 Å². The number of nitrogens with zero attached hydrogens (tertiary/aromatic N) is 1.